The van der Waals surface area contributed by atoms with E-state index >= 15 is 0 Å². The lowest BCUT2D eigenvalue weighted by molar-refractivity contribution is 0.384. The third-order valence-electron chi connectivity index (χ3n) is 2.68. The normalized spacial score (nSPS) is 11.1. The lowest BCUT2D eigenvalue weighted by Crippen LogP contribution is -2.24. The van der Waals surface area contributed by atoms with Crippen LogP contribution < -0.4 is 5.69 Å². The number of rotatable bonds is 3. The van der Waals surface area contributed by atoms with Crippen LogP contribution >= 0.6 is 60.2 Å². The van der Waals surface area contributed by atoms with Crippen molar-refractivity contribution < 1.29 is 0 Å². The van der Waals surface area contributed by atoms with Crippen molar-refractivity contribution in [1.29, 1.82) is 0 Å². The van der Waals surface area contributed by atoms with E-state index in [0.717, 1.165) is 31.0 Å². The van der Waals surface area contributed by atoms with Crippen molar-refractivity contribution in [1.82, 2.24) is 14.5 Å². The second-order valence-electron chi connectivity index (χ2n) is 4.27. The summed E-state index contributed by atoms with van der Waals surface area (Å²) in [7, 11) is 3.98. The molecule has 8 heteroatoms. The smallest absolute Gasteiger partial charge is 0.308 e. The molecule has 0 unspecified atom stereocenters. The first-order chi connectivity index (χ1) is 8.41. The molecule has 2 aromatic rings. The zero-order chi connectivity index (χ0) is 13.4. The van der Waals surface area contributed by atoms with Gasteiger partial charge in [-0.05, 0) is 68.0 Å². The van der Waals surface area contributed by atoms with Gasteiger partial charge in [0.25, 0.3) is 0 Å². The van der Waals surface area contributed by atoms with Crippen molar-refractivity contribution >= 4 is 71.2 Å². The van der Waals surface area contributed by atoms with Crippen LogP contribution in [-0.4, -0.2) is 35.1 Å². The Hall–Kier alpha value is 0.180. The minimum atomic E-state index is -0.0856. The number of benzene rings is 1. The summed E-state index contributed by atoms with van der Waals surface area (Å²) in [5, 5.41) is 0. The molecule has 0 fully saturated rings. The van der Waals surface area contributed by atoms with E-state index in [9.17, 15) is 4.79 Å². The molecular weight excluding hydrogens is 465 g/mol. The number of halogens is 4. The Bertz CT molecular complexity index is 651. The second kappa shape index (κ2) is 6.76. The summed E-state index contributed by atoms with van der Waals surface area (Å²) in [6.45, 7) is 1.48. The summed E-state index contributed by atoms with van der Waals surface area (Å²) >= 11 is 10.4. The van der Waals surface area contributed by atoms with Gasteiger partial charge in [0.1, 0.15) is 0 Å². The van der Waals surface area contributed by atoms with Crippen LogP contribution in [0.5, 0.6) is 0 Å². The minimum Gasteiger partial charge on any atom is -0.308 e. The van der Waals surface area contributed by atoms with Gasteiger partial charge in [0.2, 0.25) is 0 Å². The molecule has 1 aromatic carbocycles. The van der Waals surface area contributed by atoms with Crippen LogP contribution in [0.2, 0.25) is 0 Å². The fraction of sp³-hybridized carbons (Fsp3) is 0.364. The highest BCUT2D eigenvalue weighted by atomic mass is 79.9. The average molecular weight is 478 g/mol. The van der Waals surface area contributed by atoms with Gasteiger partial charge in [-0.15, -0.1) is 12.4 Å². The molecule has 0 radical (unpaired) electrons. The van der Waals surface area contributed by atoms with E-state index in [4.69, 9.17) is 0 Å². The number of nitrogens with one attached hydrogen (secondary N) is 1. The number of aromatic amines is 1. The molecule has 2 rings (SSSR count). The molecule has 0 bridgehead atoms. The van der Waals surface area contributed by atoms with Gasteiger partial charge in [-0.25, -0.2) is 4.79 Å². The number of H-pyrrole nitrogens is 1. The minimum absolute atomic E-state index is 0. The standard InChI is InChI=1S/C11H12Br3N3O.ClH/c1-16(2)3-4-17-7-5-6(12)8(13)9(14)10(7)15-11(17)18;/h5H,3-4H2,1-2H3,(H,15,18);1H. The third-order valence-corrected chi connectivity index (χ3v) is 5.99. The monoisotopic (exact) mass is 475 g/mol. The van der Waals surface area contributed by atoms with E-state index in [0.29, 0.717) is 6.54 Å². The Kier molecular flexibility index (Phi) is 6.13. The first-order valence-electron chi connectivity index (χ1n) is 5.32. The maximum atomic E-state index is 12.0. The molecule has 19 heavy (non-hydrogen) atoms. The SMILES string of the molecule is CN(C)CCn1c(=O)[nH]c2c(Br)c(Br)c(Br)cc21.Cl. The summed E-state index contributed by atoms with van der Waals surface area (Å²) in [6.07, 6.45) is 0. The zero-order valence-electron chi connectivity index (χ0n) is 10.3. The lowest BCUT2D eigenvalue weighted by atomic mass is 10.3. The van der Waals surface area contributed by atoms with Gasteiger partial charge in [0.05, 0.1) is 15.5 Å². The Morgan fingerprint density at radius 2 is 1.89 bits per heavy atom. The predicted octanol–water partition coefficient (Wildman–Crippen LogP) is 3.60. The molecule has 0 saturated heterocycles. The third kappa shape index (κ3) is 3.44. The number of hydrogen-bond acceptors (Lipinski definition) is 2. The van der Waals surface area contributed by atoms with E-state index in [1.165, 1.54) is 0 Å². The fourth-order valence-electron chi connectivity index (χ4n) is 1.72. The number of fused-ring (bicyclic) bond motifs is 1. The molecule has 0 atom stereocenters. The molecule has 0 aliphatic heterocycles. The first kappa shape index (κ1) is 17.2. The van der Waals surface area contributed by atoms with Crippen molar-refractivity contribution in [2.24, 2.45) is 0 Å². The molecule has 4 nitrogen and oxygen atoms in total. The summed E-state index contributed by atoms with van der Waals surface area (Å²) in [6, 6.07) is 1.94. The van der Waals surface area contributed by atoms with Crippen molar-refractivity contribution in [3.63, 3.8) is 0 Å². The van der Waals surface area contributed by atoms with Crippen LogP contribution in [0, 0.1) is 0 Å². The molecule has 106 valence electrons. The highest BCUT2D eigenvalue weighted by molar-refractivity contribution is 9.14. The first-order valence-corrected chi connectivity index (χ1v) is 7.70. The highest BCUT2D eigenvalue weighted by Gasteiger charge is 2.14. The quantitative estimate of drug-likeness (QED) is 0.686. The zero-order valence-corrected chi connectivity index (χ0v) is 15.9. The highest BCUT2D eigenvalue weighted by Crippen LogP contribution is 2.36. The Balaban J connectivity index is 0.00000180. The van der Waals surface area contributed by atoms with Crippen LogP contribution in [0.4, 0.5) is 0 Å². The van der Waals surface area contributed by atoms with Gasteiger partial charge in [-0.1, -0.05) is 0 Å². The molecular formula is C11H13Br3ClN3O. The van der Waals surface area contributed by atoms with Gasteiger partial charge in [0.15, 0.2) is 0 Å². The molecule has 0 aliphatic rings. The van der Waals surface area contributed by atoms with Crippen molar-refractivity contribution in [2.75, 3.05) is 20.6 Å². The number of likely N-dealkylation sites (N-methyl/N-ethyl adjacent to an activating group) is 1. The number of hydrogen-bond donors (Lipinski definition) is 1. The van der Waals surface area contributed by atoms with E-state index < -0.39 is 0 Å². The van der Waals surface area contributed by atoms with Crippen LogP contribution in [0.3, 0.4) is 0 Å². The van der Waals surface area contributed by atoms with Gasteiger partial charge >= 0.3 is 5.69 Å². The topological polar surface area (TPSA) is 41.0 Å². The number of nitrogens with zero attached hydrogens (tertiary/aromatic N) is 2. The molecule has 0 spiro atoms. The Labute approximate surface area is 142 Å². The Morgan fingerprint density at radius 3 is 2.47 bits per heavy atom. The molecule has 1 aromatic heterocycles. The van der Waals surface area contributed by atoms with Crippen LogP contribution in [0.1, 0.15) is 0 Å². The molecule has 0 amide bonds. The van der Waals surface area contributed by atoms with Gasteiger partial charge in [-0.2, -0.15) is 0 Å². The van der Waals surface area contributed by atoms with E-state index in [2.05, 4.69) is 52.8 Å². The van der Waals surface area contributed by atoms with E-state index in [-0.39, 0.29) is 18.1 Å². The van der Waals surface area contributed by atoms with Crippen molar-refractivity contribution in [2.45, 2.75) is 6.54 Å². The van der Waals surface area contributed by atoms with Crippen LogP contribution in [0.15, 0.2) is 24.3 Å². The van der Waals surface area contributed by atoms with E-state index in [1.807, 2.05) is 25.1 Å². The predicted molar refractivity (Wildman–Crippen MR) is 91.5 cm³/mol. The average Bonchev–Trinajstić information content (AvgIpc) is 2.60. The largest absolute Gasteiger partial charge is 0.326 e. The van der Waals surface area contributed by atoms with E-state index in [1.54, 1.807) is 4.57 Å². The summed E-state index contributed by atoms with van der Waals surface area (Å²) < 4.78 is 4.42. The lowest BCUT2D eigenvalue weighted by Gasteiger charge is -2.10. The molecule has 0 saturated carbocycles. The van der Waals surface area contributed by atoms with Gasteiger partial charge in [0, 0.05) is 22.0 Å². The summed E-state index contributed by atoms with van der Waals surface area (Å²) in [4.78, 5) is 16.9. The maximum absolute atomic E-state index is 12.0. The number of imidazole rings is 1. The van der Waals surface area contributed by atoms with Crippen LogP contribution in [-0.2, 0) is 6.54 Å². The van der Waals surface area contributed by atoms with Crippen LogP contribution in [0.25, 0.3) is 11.0 Å². The Morgan fingerprint density at radius 1 is 1.26 bits per heavy atom. The second-order valence-corrected chi connectivity index (χ2v) is 6.71. The molecule has 1 heterocycles. The van der Waals surface area contributed by atoms with Gasteiger partial charge in [-0.3, -0.25) is 4.57 Å². The number of aromatic nitrogens is 2. The van der Waals surface area contributed by atoms with Gasteiger partial charge < -0.3 is 9.88 Å². The van der Waals surface area contributed by atoms with Crippen molar-refractivity contribution in [3.05, 3.63) is 30.0 Å². The maximum Gasteiger partial charge on any atom is 0.326 e. The molecule has 1 N–H and O–H groups in total. The molecule has 0 aliphatic carbocycles. The fourth-order valence-corrected chi connectivity index (χ4v) is 3.23. The summed E-state index contributed by atoms with van der Waals surface area (Å²) in [5.41, 5.74) is 1.62. The summed E-state index contributed by atoms with van der Waals surface area (Å²) in [5.74, 6) is 0. The van der Waals surface area contributed by atoms with Crippen molar-refractivity contribution in [3.8, 4) is 0 Å².